The summed E-state index contributed by atoms with van der Waals surface area (Å²) in [5, 5.41) is 4.63. The highest BCUT2D eigenvalue weighted by molar-refractivity contribution is 7.10. The number of morpholine rings is 1. The summed E-state index contributed by atoms with van der Waals surface area (Å²) in [7, 11) is 0. The van der Waals surface area contributed by atoms with Gasteiger partial charge in [0.25, 0.3) is 0 Å². The molecule has 0 aliphatic carbocycles. The fourth-order valence-corrected chi connectivity index (χ4v) is 2.48. The zero-order valence-corrected chi connectivity index (χ0v) is 9.53. The quantitative estimate of drug-likeness (QED) is 0.704. The normalized spacial score (nSPS) is 26.7. The van der Waals surface area contributed by atoms with Gasteiger partial charge in [-0.1, -0.05) is 4.49 Å². The van der Waals surface area contributed by atoms with Gasteiger partial charge in [0.2, 0.25) is 0 Å². The largest absolute Gasteiger partial charge is 0.372 e. The lowest BCUT2D eigenvalue weighted by molar-refractivity contribution is -0.00505. The predicted octanol–water partition coefficient (Wildman–Crippen LogP) is 0.964. The molecule has 1 aliphatic heterocycles. The molecule has 0 saturated carbocycles. The summed E-state index contributed by atoms with van der Waals surface area (Å²) in [6.45, 7) is 5.62. The maximum absolute atomic E-state index is 10.7. The Labute approximate surface area is 92.2 Å². The second kappa shape index (κ2) is 4.24. The van der Waals surface area contributed by atoms with Crippen molar-refractivity contribution in [2.45, 2.75) is 26.1 Å². The van der Waals surface area contributed by atoms with Gasteiger partial charge >= 0.3 is 0 Å². The molecule has 0 bridgehead atoms. The van der Waals surface area contributed by atoms with Crippen molar-refractivity contribution in [1.82, 2.24) is 9.59 Å². The summed E-state index contributed by atoms with van der Waals surface area (Å²) < 4.78 is 9.42. The number of hydrogen-bond acceptors (Lipinski definition) is 6. The van der Waals surface area contributed by atoms with Crippen molar-refractivity contribution >= 4 is 22.8 Å². The van der Waals surface area contributed by atoms with Gasteiger partial charge in [-0.05, 0) is 13.8 Å². The van der Waals surface area contributed by atoms with Crippen LogP contribution in [0.3, 0.4) is 0 Å². The molecule has 2 rings (SSSR count). The molecule has 1 aromatic heterocycles. The van der Waals surface area contributed by atoms with E-state index in [2.05, 4.69) is 14.5 Å². The van der Waals surface area contributed by atoms with Crippen LogP contribution >= 0.6 is 11.5 Å². The van der Waals surface area contributed by atoms with Gasteiger partial charge in [0.1, 0.15) is 5.00 Å². The Morgan fingerprint density at radius 2 is 2.13 bits per heavy atom. The molecule has 0 spiro atoms. The molecule has 1 saturated heterocycles. The van der Waals surface area contributed by atoms with Crippen LogP contribution in [-0.4, -0.2) is 41.2 Å². The third kappa shape index (κ3) is 2.15. The minimum absolute atomic E-state index is 0.176. The Morgan fingerprint density at radius 3 is 2.73 bits per heavy atom. The average molecular weight is 227 g/mol. The monoisotopic (exact) mass is 227 g/mol. The van der Waals surface area contributed by atoms with E-state index in [4.69, 9.17) is 4.74 Å². The molecular weight excluding hydrogens is 214 g/mol. The average Bonchev–Trinajstić information content (AvgIpc) is 2.63. The molecule has 1 fully saturated rings. The first-order valence-electron chi connectivity index (χ1n) is 4.88. The van der Waals surface area contributed by atoms with Crippen LogP contribution in [0.4, 0.5) is 5.00 Å². The van der Waals surface area contributed by atoms with E-state index in [0.29, 0.717) is 5.69 Å². The summed E-state index contributed by atoms with van der Waals surface area (Å²) in [5.74, 6) is 0. The van der Waals surface area contributed by atoms with Crippen LogP contribution in [0.2, 0.25) is 0 Å². The number of aldehydes is 1. The molecule has 0 N–H and O–H groups in total. The number of nitrogens with zero attached hydrogens (tertiary/aromatic N) is 3. The van der Waals surface area contributed by atoms with Gasteiger partial charge in [-0.2, -0.15) is 0 Å². The third-order valence-corrected chi connectivity index (χ3v) is 3.12. The molecule has 6 heteroatoms. The van der Waals surface area contributed by atoms with Gasteiger partial charge in [0.05, 0.1) is 12.2 Å². The smallest absolute Gasteiger partial charge is 0.173 e. The number of anilines is 1. The van der Waals surface area contributed by atoms with Crippen LogP contribution in [0, 0.1) is 0 Å². The van der Waals surface area contributed by atoms with Gasteiger partial charge in [-0.15, -0.1) is 5.10 Å². The van der Waals surface area contributed by atoms with E-state index in [-0.39, 0.29) is 12.2 Å². The zero-order valence-electron chi connectivity index (χ0n) is 8.71. The zero-order chi connectivity index (χ0) is 10.8. The van der Waals surface area contributed by atoms with Crippen molar-refractivity contribution in [2.75, 3.05) is 18.0 Å². The summed E-state index contributed by atoms with van der Waals surface area (Å²) in [6.07, 6.45) is 1.11. The SMILES string of the molecule is CC1CN(c2snnc2C=O)CC(C)O1. The maximum Gasteiger partial charge on any atom is 0.173 e. The minimum Gasteiger partial charge on any atom is -0.372 e. The summed E-state index contributed by atoms with van der Waals surface area (Å²) >= 11 is 1.26. The summed E-state index contributed by atoms with van der Waals surface area (Å²) in [6, 6.07) is 0. The lowest BCUT2D eigenvalue weighted by atomic mass is 10.2. The molecule has 1 aromatic rings. The highest BCUT2D eigenvalue weighted by Gasteiger charge is 2.25. The van der Waals surface area contributed by atoms with E-state index in [1.54, 1.807) is 0 Å². The van der Waals surface area contributed by atoms with E-state index >= 15 is 0 Å². The Bertz CT molecular complexity index is 345. The highest BCUT2D eigenvalue weighted by atomic mass is 32.1. The molecule has 15 heavy (non-hydrogen) atoms. The summed E-state index contributed by atoms with van der Waals surface area (Å²) in [5.41, 5.74) is 0.432. The van der Waals surface area contributed by atoms with Crippen molar-refractivity contribution in [3.63, 3.8) is 0 Å². The molecule has 5 nitrogen and oxygen atoms in total. The van der Waals surface area contributed by atoms with Crippen LogP contribution in [0.5, 0.6) is 0 Å². The van der Waals surface area contributed by atoms with Crippen LogP contribution in [0.15, 0.2) is 0 Å². The van der Waals surface area contributed by atoms with Crippen LogP contribution in [0.25, 0.3) is 0 Å². The molecule has 0 aromatic carbocycles. The first kappa shape index (κ1) is 10.5. The van der Waals surface area contributed by atoms with Crippen LogP contribution in [0.1, 0.15) is 24.3 Å². The van der Waals surface area contributed by atoms with Crippen LogP contribution < -0.4 is 4.90 Å². The van der Waals surface area contributed by atoms with Crippen molar-refractivity contribution in [2.24, 2.45) is 0 Å². The van der Waals surface area contributed by atoms with Crippen molar-refractivity contribution in [3.8, 4) is 0 Å². The molecule has 82 valence electrons. The van der Waals surface area contributed by atoms with Gasteiger partial charge in [0.15, 0.2) is 12.0 Å². The number of carbonyl (C=O) groups is 1. The molecule has 0 amide bonds. The van der Waals surface area contributed by atoms with Crippen molar-refractivity contribution < 1.29 is 9.53 Å². The third-order valence-electron chi connectivity index (χ3n) is 2.31. The Kier molecular flexibility index (Phi) is 2.97. The standard InChI is InChI=1S/C9H13N3O2S/c1-6-3-12(4-7(2)14-6)9-8(5-13)10-11-15-9/h5-7H,3-4H2,1-2H3. The van der Waals surface area contributed by atoms with E-state index < -0.39 is 0 Å². The molecule has 2 atom stereocenters. The fourth-order valence-electron chi connectivity index (χ4n) is 1.83. The van der Waals surface area contributed by atoms with Crippen LogP contribution in [-0.2, 0) is 4.74 Å². The van der Waals surface area contributed by atoms with E-state index in [1.807, 2.05) is 13.8 Å². The highest BCUT2D eigenvalue weighted by Crippen LogP contribution is 2.25. The Hall–Kier alpha value is -1.01. The topological polar surface area (TPSA) is 55.3 Å². The molecule has 2 unspecified atom stereocenters. The molecule has 0 radical (unpaired) electrons. The first-order valence-corrected chi connectivity index (χ1v) is 5.66. The number of rotatable bonds is 2. The van der Waals surface area contributed by atoms with Gasteiger partial charge in [-0.25, -0.2) is 0 Å². The number of carbonyl (C=O) groups excluding carboxylic acids is 1. The van der Waals surface area contributed by atoms with E-state index in [0.717, 1.165) is 24.4 Å². The number of hydrogen-bond donors (Lipinski definition) is 0. The maximum atomic E-state index is 10.7. The van der Waals surface area contributed by atoms with E-state index in [9.17, 15) is 4.79 Å². The van der Waals surface area contributed by atoms with Crippen molar-refractivity contribution in [3.05, 3.63) is 5.69 Å². The molecule has 1 aliphatic rings. The van der Waals surface area contributed by atoms with Gasteiger partial charge < -0.3 is 9.64 Å². The first-order chi connectivity index (χ1) is 7.20. The summed E-state index contributed by atoms with van der Waals surface area (Å²) in [4.78, 5) is 12.9. The Morgan fingerprint density at radius 1 is 1.47 bits per heavy atom. The van der Waals surface area contributed by atoms with Gasteiger partial charge in [-0.3, -0.25) is 4.79 Å². The molecular formula is C9H13N3O2S. The lowest BCUT2D eigenvalue weighted by Gasteiger charge is -2.35. The van der Waals surface area contributed by atoms with E-state index in [1.165, 1.54) is 11.5 Å². The minimum atomic E-state index is 0.176. The van der Waals surface area contributed by atoms with Crippen molar-refractivity contribution in [1.29, 1.82) is 0 Å². The fraction of sp³-hybridized carbons (Fsp3) is 0.667. The predicted molar refractivity (Wildman–Crippen MR) is 57.5 cm³/mol. The van der Waals surface area contributed by atoms with Gasteiger partial charge in [0, 0.05) is 24.6 Å². The number of ether oxygens (including phenoxy) is 1. The number of aromatic nitrogens is 2. The molecule has 2 heterocycles. The Balaban J connectivity index is 2.19. The second-order valence-electron chi connectivity index (χ2n) is 3.74. The lowest BCUT2D eigenvalue weighted by Crippen LogP contribution is -2.45. The second-order valence-corrected chi connectivity index (χ2v) is 4.48.